The average molecular weight is 390 g/mol. The van der Waals surface area contributed by atoms with E-state index in [1.807, 2.05) is 13.0 Å². The summed E-state index contributed by atoms with van der Waals surface area (Å²) in [4.78, 5) is 30.1. The van der Waals surface area contributed by atoms with Crippen LogP contribution in [-0.2, 0) is 6.42 Å². The van der Waals surface area contributed by atoms with E-state index in [1.165, 1.54) is 28.5 Å². The molecule has 0 fully saturated rings. The topological polar surface area (TPSA) is 72.2 Å². The summed E-state index contributed by atoms with van der Waals surface area (Å²) in [5.74, 6) is -0.521. The Labute approximate surface area is 165 Å². The van der Waals surface area contributed by atoms with E-state index in [9.17, 15) is 9.59 Å². The third-order valence-corrected chi connectivity index (χ3v) is 5.29. The molecule has 0 bridgehead atoms. The molecular weight excluding hydrogens is 372 g/mol. The van der Waals surface area contributed by atoms with Crippen molar-refractivity contribution in [2.24, 2.45) is 0 Å². The van der Waals surface area contributed by atoms with Gasteiger partial charge in [-0.1, -0.05) is 41.5 Å². The number of amides is 1. The maximum absolute atomic E-state index is 12.5. The molecule has 2 aromatic heterocycles. The van der Waals surface area contributed by atoms with Crippen molar-refractivity contribution in [1.82, 2.24) is 4.98 Å². The first kappa shape index (κ1) is 18.1. The number of aromatic nitrogens is 1. The molecule has 0 unspecified atom stereocenters. The van der Waals surface area contributed by atoms with E-state index in [4.69, 9.17) is 4.42 Å². The second kappa shape index (κ2) is 7.40. The van der Waals surface area contributed by atoms with Gasteiger partial charge in [0.25, 0.3) is 5.91 Å². The van der Waals surface area contributed by atoms with Crippen LogP contribution in [0.3, 0.4) is 0 Å². The van der Waals surface area contributed by atoms with Crippen molar-refractivity contribution in [3.05, 3.63) is 92.3 Å². The first-order valence-electron chi connectivity index (χ1n) is 8.84. The number of thiazole rings is 1. The van der Waals surface area contributed by atoms with Gasteiger partial charge in [-0.05, 0) is 31.5 Å². The molecule has 0 aliphatic carbocycles. The Kier molecular flexibility index (Phi) is 4.79. The van der Waals surface area contributed by atoms with Gasteiger partial charge in [0.1, 0.15) is 5.58 Å². The Morgan fingerprint density at radius 1 is 1.07 bits per heavy atom. The molecule has 0 aliphatic rings. The molecule has 0 saturated heterocycles. The number of fused-ring (bicyclic) bond motifs is 1. The molecule has 1 N–H and O–H groups in total. The van der Waals surface area contributed by atoms with E-state index < -0.39 is 5.91 Å². The van der Waals surface area contributed by atoms with Gasteiger partial charge < -0.3 is 4.42 Å². The summed E-state index contributed by atoms with van der Waals surface area (Å²) in [6.45, 7) is 3.95. The smallest absolute Gasteiger partial charge is 0.293 e. The molecule has 5 nitrogen and oxygen atoms in total. The summed E-state index contributed by atoms with van der Waals surface area (Å²) < 4.78 is 5.61. The van der Waals surface area contributed by atoms with Gasteiger partial charge in [0.05, 0.1) is 5.39 Å². The van der Waals surface area contributed by atoms with Crippen molar-refractivity contribution in [3.8, 4) is 0 Å². The van der Waals surface area contributed by atoms with E-state index in [0.717, 1.165) is 16.9 Å². The van der Waals surface area contributed by atoms with E-state index in [0.29, 0.717) is 16.1 Å². The minimum absolute atomic E-state index is 0.0309. The molecule has 4 rings (SSSR count). The second-order valence-electron chi connectivity index (χ2n) is 6.72. The van der Waals surface area contributed by atoms with Crippen molar-refractivity contribution < 1.29 is 9.21 Å². The molecule has 0 atom stereocenters. The van der Waals surface area contributed by atoms with Crippen LogP contribution in [0.1, 0.15) is 32.1 Å². The van der Waals surface area contributed by atoms with E-state index in [2.05, 4.69) is 41.5 Å². The number of anilines is 1. The highest BCUT2D eigenvalue weighted by atomic mass is 32.1. The summed E-state index contributed by atoms with van der Waals surface area (Å²) in [6.07, 6.45) is 2.50. The Morgan fingerprint density at radius 2 is 1.82 bits per heavy atom. The zero-order valence-corrected chi connectivity index (χ0v) is 16.3. The standard InChI is InChI=1S/C22H18N2O3S/c1-13-3-6-15(7-4-13)10-16-12-23-22(28-16)24-21(26)20-11-18(25)17-9-14(2)5-8-19(17)27-20/h3-9,11-12H,10H2,1-2H3,(H,23,24,26). The largest absolute Gasteiger partial charge is 0.451 e. The Morgan fingerprint density at radius 3 is 2.61 bits per heavy atom. The number of benzene rings is 2. The zero-order valence-electron chi connectivity index (χ0n) is 15.5. The van der Waals surface area contributed by atoms with Crippen LogP contribution in [0.15, 0.2) is 63.9 Å². The van der Waals surface area contributed by atoms with Crippen molar-refractivity contribution in [3.63, 3.8) is 0 Å². The molecule has 0 spiro atoms. The van der Waals surface area contributed by atoms with Gasteiger partial charge in [-0.15, -0.1) is 11.3 Å². The summed E-state index contributed by atoms with van der Waals surface area (Å²) in [5.41, 5.74) is 3.51. The molecule has 6 heteroatoms. The first-order valence-corrected chi connectivity index (χ1v) is 9.66. The van der Waals surface area contributed by atoms with Crippen LogP contribution < -0.4 is 10.7 Å². The summed E-state index contributed by atoms with van der Waals surface area (Å²) >= 11 is 1.40. The molecule has 0 radical (unpaired) electrons. The lowest BCUT2D eigenvalue weighted by molar-refractivity contribution is 0.0997. The van der Waals surface area contributed by atoms with Crippen molar-refractivity contribution >= 4 is 33.3 Å². The van der Waals surface area contributed by atoms with Crippen molar-refractivity contribution in [2.75, 3.05) is 5.32 Å². The van der Waals surface area contributed by atoms with Gasteiger partial charge >= 0.3 is 0 Å². The van der Waals surface area contributed by atoms with Gasteiger partial charge in [-0.3, -0.25) is 14.9 Å². The summed E-state index contributed by atoms with van der Waals surface area (Å²) in [7, 11) is 0. The fraction of sp³-hybridized carbons (Fsp3) is 0.136. The maximum atomic E-state index is 12.5. The minimum Gasteiger partial charge on any atom is -0.451 e. The van der Waals surface area contributed by atoms with Crippen LogP contribution in [0, 0.1) is 13.8 Å². The number of hydrogen-bond acceptors (Lipinski definition) is 5. The number of nitrogens with zero attached hydrogens (tertiary/aromatic N) is 1. The predicted molar refractivity (Wildman–Crippen MR) is 111 cm³/mol. The highest BCUT2D eigenvalue weighted by Gasteiger charge is 2.14. The molecule has 1 amide bonds. The zero-order chi connectivity index (χ0) is 19.7. The molecule has 140 valence electrons. The molecule has 4 aromatic rings. The van der Waals surface area contributed by atoms with Gasteiger partial charge in [-0.2, -0.15) is 0 Å². The van der Waals surface area contributed by atoms with Gasteiger partial charge in [0, 0.05) is 23.6 Å². The number of aryl methyl sites for hydroxylation is 2. The van der Waals surface area contributed by atoms with Crippen molar-refractivity contribution in [2.45, 2.75) is 20.3 Å². The fourth-order valence-corrected chi connectivity index (χ4v) is 3.74. The number of nitrogens with one attached hydrogen (secondary N) is 1. The Bertz CT molecular complexity index is 1220. The summed E-state index contributed by atoms with van der Waals surface area (Å²) in [5, 5.41) is 3.65. The first-order chi connectivity index (χ1) is 13.5. The van der Waals surface area contributed by atoms with Crippen LogP contribution in [0.25, 0.3) is 11.0 Å². The highest BCUT2D eigenvalue weighted by molar-refractivity contribution is 7.15. The lowest BCUT2D eigenvalue weighted by Gasteiger charge is -2.03. The van der Waals surface area contributed by atoms with E-state index in [-0.39, 0.29) is 11.2 Å². The minimum atomic E-state index is -0.490. The number of rotatable bonds is 4. The maximum Gasteiger partial charge on any atom is 0.293 e. The van der Waals surface area contributed by atoms with Crippen LogP contribution in [0.5, 0.6) is 0 Å². The Hall–Kier alpha value is -3.25. The van der Waals surface area contributed by atoms with E-state index in [1.54, 1.807) is 18.3 Å². The molecule has 2 heterocycles. The molecule has 28 heavy (non-hydrogen) atoms. The van der Waals surface area contributed by atoms with Crippen LogP contribution >= 0.6 is 11.3 Å². The average Bonchev–Trinajstić information content (AvgIpc) is 3.11. The second-order valence-corrected chi connectivity index (χ2v) is 7.84. The number of hydrogen-bond donors (Lipinski definition) is 1. The highest BCUT2D eigenvalue weighted by Crippen LogP contribution is 2.22. The number of carbonyl (C=O) groups is 1. The molecule has 0 saturated carbocycles. The van der Waals surface area contributed by atoms with Gasteiger partial charge in [-0.25, -0.2) is 4.98 Å². The van der Waals surface area contributed by atoms with Crippen LogP contribution in [0.2, 0.25) is 0 Å². The normalized spacial score (nSPS) is 10.9. The van der Waals surface area contributed by atoms with Crippen LogP contribution in [-0.4, -0.2) is 10.9 Å². The fourth-order valence-electron chi connectivity index (χ4n) is 2.89. The van der Waals surface area contributed by atoms with Crippen molar-refractivity contribution in [1.29, 1.82) is 0 Å². The van der Waals surface area contributed by atoms with Gasteiger partial charge in [0.15, 0.2) is 16.3 Å². The van der Waals surface area contributed by atoms with Crippen LogP contribution in [0.4, 0.5) is 5.13 Å². The monoisotopic (exact) mass is 390 g/mol. The predicted octanol–water partition coefficient (Wildman–Crippen LogP) is 4.71. The molecule has 2 aromatic carbocycles. The SMILES string of the molecule is Cc1ccc(Cc2cnc(NC(=O)c3cc(=O)c4cc(C)ccc4o3)s2)cc1. The lowest BCUT2D eigenvalue weighted by atomic mass is 10.1. The third-order valence-electron chi connectivity index (χ3n) is 4.38. The van der Waals surface area contributed by atoms with E-state index >= 15 is 0 Å². The quantitative estimate of drug-likeness (QED) is 0.548. The lowest BCUT2D eigenvalue weighted by Crippen LogP contribution is -2.14. The molecular formula is C22H18N2O3S. The number of carbonyl (C=O) groups excluding carboxylic acids is 1. The summed E-state index contributed by atoms with van der Waals surface area (Å²) in [6, 6.07) is 14.8. The molecule has 0 aliphatic heterocycles. The Balaban J connectivity index is 1.52. The van der Waals surface area contributed by atoms with Gasteiger partial charge in [0.2, 0.25) is 0 Å². The third kappa shape index (κ3) is 3.87.